The number of halogens is 1. The first-order chi connectivity index (χ1) is 8.16. The molecule has 4 heteroatoms. The number of amides is 1. The van der Waals surface area contributed by atoms with Crippen LogP contribution in [0.25, 0.3) is 0 Å². The normalized spacial score (nSPS) is 19.0. The number of hydrogen-bond donors (Lipinski definition) is 2. The van der Waals surface area contributed by atoms with Crippen molar-refractivity contribution < 1.29 is 4.79 Å². The molecule has 3 nitrogen and oxygen atoms in total. The van der Waals surface area contributed by atoms with Crippen molar-refractivity contribution >= 4 is 23.2 Å². The fraction of sp³-hybridized carbons (Fsp3) is 0.308. The number of nitrogen functional groups attached to an aromatic ring is 1. The van der Waals surface area contributed by atoms with E-state index in [0.717, 1.165) is 19.3 Å². The lowest BCUT2D eigenvalue weighted by Gasteiger charge is -2.19. The van der Waals surface area contributed by atoms with Gasteiger partial charge in [0.25, 0.3) is 5.91 Å². The Morgan fingerprint density at radius 1 is 1.41 bits per heavy atom. The molecule has 0 aromatic heterocycles. The number of nitrogens with one attached hydrogen (secondary N) is 1. The Morgan fingerprint density at radius 3 is 2.88 bits per heavy atom. The lowest BCUT2D eigenvalue weighted by Crippen LogP contribution is -2.35. The SMILES string of the molecule is Nc1cc(C(=O)NC2CC=CCC2)ccc1Cl. The van der Waals surface area contributed by atoms with Crippen molar-refractivity contribution in [3.05, 3.63) is 40.9 Å². The van der Waals surface area contributed by atoms with Gasteiger partial charge in [0.2, 0.25) is 0 Å². The number of nitrogens with two attached hydrogens (primary N) is 1. The Labute approximate surface area is 106 Å². The van der Waals surface area contributed by atoms with Gasteiger partial charge in [-0.3, -0.25) is 4.79 Å². The molecule has 2 rings (SSSR count). The molecule has 1 aliphatic rings. The summed E-state index contributed by atoms with van der Waals surface area (Å²) in [6, 6.07) is 5.17. The quantitative estimate of drug-likeness (QED) is 0.626. The van der Waals surface area contributed by atoms with Crippen LogP contribution in [0.5, 0.6) is 0 Å². The van der Waals surface area contributed by atoms with Crippen LogP contribution in [-0.2, 0) is 0 Å². The average molecular weight is 251 g/mol. The zero-order valence-electron chi connectivity index (χ0n) is 9.45. The molecule has 1 amide bonds. The Morgan fingerprint density at radius 2 is 2.24 bits per heavy atom. The van der Waals surface area contributed by atoms with Crippen LogP contribution >= 0.6 is 11.6 Å². The number of benzene rings is 1. The molecule has 1 aliphatic carbocycles. The van der Waals surface area contributed by atoms with E-state index in [-0.39, 0.29) is 11.9 Å². The van der Waals surface area contributed by atoms with Crippen molar-refractivity contribution in [2.24, 2.45) is 0 Å². The molecule has 0 bridgehead atoms. The summed E-state index contributed by atoms with van der Waals surface area (Å²) < 4.78 is 0. The third-order valence-corrected chi connectivity index (χ3v) is 3.21. The van der Waals surface area contributed by atoms with Crippen LogP contribution in [0.2, 0.25) is 5.02 Å². The van der Waals surface area contributed by atoms with E-state index in [1.807, 2.05) is 0 Å². The molecule has 0 radical (unpaired) electrons. The maximum absolute atomic E-state index is 11.9. The highest BCUT2D eigenvalue weighted by Crippen LogP contribution is 2.20. The maximum atomic E-state index is 11.9. The van der Waals surface area contributed by atoms with E-state index in [1.54, 1.807) is 18.2 Å². The van der Waals surface area contributed by atoms with E-state index in [9.17, 15) is 4.79 Å². The predicted molar refractivity (Wildman–Crippen MR) is 70.1 cm³/mol. The Hall–Kier alpha value is -1.48. The van der Waals surface area contributed by atoms with Crippen molar-refractivity contribution in [3.8, 4) is 0 Å². The van der Waals surface area contributed by atoms with Crippen molar-refractivity contribution in [2.45, 2.75) is 25.3 Å². The molecule has 3 N–H and O–H groups in total. The van der Waals surface area contributed by atoms with Crippen molar-refractivity contribution in [2.75, 3.05) is 5.73 Å². The summed E-state index contributed by atoms with van der Waals surface area (Å²) in [5.74, 6) is -0.0892. The largest absolute Gasteiger partial charge is 0.398 e. The van der Waals surface area contributed by atoms with Gasteiger partial charge in [0, 0.05) is 11.6 Å². The summed E-state index contributed by atoms with van der Waals surface area (Å²) in [4.78, 5) is 11.9. The molecule has 1 aromatic rings. The standard InChI is InChI=1S/C13H15ClN2O/c14-11-7-6-9(8-12(11)15)13(17)16-10-4-2-1-3-5-10/h1-2,6-8,10H,3-5,15H2,(H,16,17). The fourth-order valence-corrected chi connectivity index (χ4v) is 2.00. The van der Waals surface area contributed by atoms with Gasteiger partial charge >= 0.3 is 0 Å². The first-order valence-corrected chi connectivity index (χ1v) is 6.05. The summed E-state index contributed by atoms with van der Waals surface area (Å²) in [6.07, 6.45) is 7.15. The third-order valence-electron chi connectivity index (χ3n) is 2.86. The highest BCUT2D eigenvalue weighted by molar-refractivity contribution is 6.33. The van der Waals surface area contributed by atoms with Gasteiger partial charge in [-0.05, 0) is 37.5 Å². The summed E-state index contributed by atoms with van der Waals surface area (Å²) in [6.45, 7) is 0. The molecule has 1 atom stereocenters. The number of carbonyl (C=O) groups is 1. The first kappa shape index (κ1) is 12.0. The summed E-state index contributed by atoms with van der Waals surface area (Å²) in [5.41, 5.74) is 6.66. The smallest absolute Gasteiger partial charge is 0.251 e. The lowest BCUT2D eigenvalue weighted by atomic mass is 10.0. The first-order valence-electron chi connectivity index (χ1n) is 5.67. The molecule has 1 aromatic carbocycles. The molecule has 0 saturated carbocycles. The second-order valence-corrected chi connectivity index (χ2v) is 4.60. The topological polar surface area (TPSA) is 55.1 Å². The van der Waals surface area contributed by atoms with Gasteiger partial charge in [-0.25, -0.2) is 0 Å². The minimum atomic E-state index is -0.0892. The van der Waals surface area contributed by atoms with Crippen molar-refractivity contribution in [1.29, 1.82) is 0 Å². The number of allylic oxidation sites excluding steroid dienone is 1. The average Bonchev–Trinajstić information content (AvgIpc) is 2.34. The van der Waals surface area contributed by atoms with Gasteiger partial charge in [0.05, 0.1) is 10.7 Å². The van der Waals surface area contributed by atoms with Crippen LogP contribution in [0.15, 0.2) is 30.4 Å². The summed E-state index contributed by atoms with van der Waals surface area (Å²) in [5, 5.41) is 3.47. The van der Waals surface area contributed by atoms with E-state index >= 15 is 0 Å². The highest BCUT2D eigenvalue weighted by Gasteiger charge is 2.14. The van der Waals surface area contributed by atoms with Crippen LogP contribution in [0.3, 0.4) is 0 Å². The molecular formula is C13H15ClN2O. The molecule has 0 fully saturated rings. The highest BCUT2D eigenvalue weighted by atomic mass is 35.5. The number of rotatable bonds is 2. The molecule has 17 heavy (non-hydrogen) atoms. The molecule has 0 saturated heterocycles. The summed E-state index contributed by atoms with van der Waals surface area (Å²) >= 11 is 5.81. The zero-order chi connectivity index (χ0) is 12.3. The Bertz CT molecular complexity index is 457. The van der Waals surface area contributed by atoms with Crippen LogP contribution in [0, 0.1) is 0 Å². The van der Waals surface area contributed by atoms with Crippen LogP contribution in [0.1, 0.15) is 29.6 Å². The molecule has 0 aliphatic heterocycles. The molecule has 0 heterocycles. The van der Waals surface area contributed by atoms with E-state index < -0.39 is 0 Å². The zero-order valence-corrected chi connectivity index (χ0v) is 10.2. The molecule has 0 spiro atoms. The van der Waals surface area contributed by atoms with E-state index in [0.29, 0.717) is 16.3 Å². The number of carbonyl (C=O) groups excluding carboxylic acids is 1. The van der Waals surface area contributed by atoms with Crippen LogP contribution in [0.4, 0.5) is 5.69 Å². The van der Waals surface area contributed by atoms with Crippen molar-refractivity contribution in [1.82, 2.24) is 5.32 Å². The van der Waals surface area contributed by atoms with Gasteiger partial charge in [0.15, 0.2) is 0 Å². The van der Waals surface area contributed by atoms with Crippen molar-refractivity contribution in [3.63, 3.8) is 0 Å². The van der Waals surface area contributed by atoms with Gasteiger partial charge in [-0.1, -0.05) is 23.8 Å². The fourth-order valence-electron chi connectivity index (χ4n) is 1.88. The number of hydrogen-bond acceptors (Lipinski definition) is 2. The van der Waals surface area contributed by atoms with Crippen LogP contribution < -0.4 is 11.1 Å². The van der Waals surface area contributed by atoms with Gasteiger partial charge in [-0.15, -0.1) is 0 Å². The minimum Gasteiger partial charge on any atom is -0.398 e. The van der Waals surface area contributed by atoms with Gasteiger partial charge in [-0.2, -0.15) is 0 Å². The van der Waals surface area contributed by atoms with E-state index in [4.69, 9.17) is 17.3 Å². The second-order valence-electron chi connectivity index (χ2n) is 4.19. The van der Waals surface area contributed by atoms with E-state index in [1.165, 1.54) is 0 Å². The number of anilines is 1. The molecular weight excluding hydrogens is 236 g/mol. The second kappa shape index (κ2) is 5.23. The third kappa shape index (κ3) is 3.01. The van der Waals surface area contributed by atoms with E-state index in [2.05, 4.69) is 17.5 Å². The minimum absolute atomic E-state index is 0.0892. The predicted octanol–water partition coefficient (Wildman–Crippen LogP) is 2.76. The Kier molecular flexibility index (Phi) is 3.69. The summed E-state index contributed by atoms with van der Waals surface area (Å²) in [7, 11) is 0. The molecule has 90 valence electrons. The monoisotopic (exact) mass is 250 g/mol. The van der Waals surface area contributed by atoms with Gasteiger partial charge < -0.3 is 11.1 Å². The lowest BCUT2D eigenvalue weighted by molar-refractivity contribution is 0.0935. The molecule has 1 unspecified atom stereocenters. The van der Waals surface area contributed by atoms with Crippen LogP contribution in [-0.4, -0.2) is 11.9 Å². The Balaban J connectivity index is 2.03. The van der Waals surface area contributed by atoms with Gasteiger partial charge in [0.1, 0.15) is 0 Å². The maximum Gasteiger partial charge on any atom is 0.251 e.